The highest BCUT2D eigenvalue weighted by molar-refractivity contribution is 5.99. The molecule has 4 heteroatoms. The van der Waals surface area contributed by atoms with Crippen LogP contribution in [0.1, 0.15) is 46.1 Å². The van der Waals surface area contributed by atoms with E-state index in [-0.39, 0.29) is 11.9 Å². The first kappa shape index (κ1) is 17.8. The van der Waals surface area contributed by atoms with E-state index in [4.69, 9.17) is 0 Å². The van der Waals surface area contributed by atoms with Crippen molar-refractivity contribution in [2.24, 2.45) is 0 Å². The van der Waals surface area contributed by atoms with Crippen LogP contribution in [-0.4, -0.2) is 36.4 Å². The molecule has 1 aliphatic rings. The van der Waals surface area contributed by atoms with Crippen molar-refractivity contribution in [3.05, 3.63) is 70.9 Å². The Morgan fingerprint density at radius 3 is 2.67 bits per heavy atom. The Bertz CT molecular complexity index is 943. The fraction of sp³-hybridized carbons (Fsp3) is 0.348. The summed E-state index contributed by atoms with van der Waals surface area (Å²) in [5.74, 6) is -0.00885. The molecule has 0 radical (unpaired) electrons. The van der Waals surface area contributed by atoms with Gasteiger partial charge in [0.15, 0.2) is 0 Å². The van der Waals surface area contributed by atoms with Crippen LogP contribution in [0.25, 0.3) is 10.9 Å². The lowest BCUT2D eigenvalue weighted by Gasteiger charge is -2.25. The first-order chi connectivity index (χ1) is 13.1. The third kappa shape index (κ3) is 3.62. The van der Waals surface area contributed by atoms with E-state index in [9.17, 15) is 4.79 Å². The number of aromatic nitrogens is 1. The van der Waals surface area contributed by atoms with Crippen LogP contribution in [0.15, 0.2) is 48.5 Å². The number of fused-ring (bicyclic) bond motifs is 3. The summed E-state index contributed by atoms with van der Waals surface area (Å²) in [6.07, 6.45) is 4.71. The lowest BCUT2D eigenvalue weighted by molar-refractivity contribution is 0.0942. The van der Waals surface area contributed by atoms with Gasteiger partial charge >= 0.3 is 0 Å². The molecule has 0 spiro atoms. The molecule has 1 amide bonds. The molecule has 0 fully saturated rings. The highest BCUT2D eigenvalue weighted by atomic mass is 16.1. The van der Waals surface area contributed by atoms with Crippen LogP contribution in [-0.2, 0) is 12.8 Å². The number of hydrogen-bond acceptors (Lipinski definition) is 2. The molecule has 0 saturated heterocycles. The Labute approximate surface area is 160 Å². The fourth-order valence-electron chi connectivity index (χ4n) is 4.11. The molecule has 0 bridgehead atoms. The highest BCUT2D eigenvalue weighted by Crippen LogP contribution is 2.29. The number of likely N-dealkylation sites (N-methyl/N-ethyl adjacent to an activating group) is 1. The van der Waals surface area contributed by atoms with Gasteiger partial charge in [-0.25, -0.2) is 0 Å². The average molecular weight is 361 g/mol. The molecule has 1 atom stereocenters. The topological polar surface area (TPSA) is 48.1 Å². The third-order valence-electron chi connectivity index (χ3n) is 5.62. The Kier molecular flexibility index (Phi) is 4.99. The molecule has 0 aliphatic heterocycles. The lowest BCUT2D eigenvalue weighted by Crippen LogP contribution is -2.34. The largest absolute Gasteiger partial charge is 0.358 e. The second-order valence-electron chi connectivity index (χ2n) is 7.65. The smallest absolute Gasteiger partial charge is 0.251 e. The SMILES string of the molecule is CN(C)[C@H](CNC(=O)c1ccc2[nH]c3c(c2c1)CCCC3)c1ccccc1. The van der Waals surface area contributed by atoms with E-state index < -0.39 is 0 Å². The second kappa shape index (κ2) is 7.57. The van der Waals surface area contributed by atoms with Crippen molar-refractivity contribution < 1.29 is 4.79 Å². The van der Waals surface area contributed by atoms with Gasteiger partial charge in [-0.2, -0.15) is 0 Å². The number of nitrogens with one attached hydrogen (secondary N) is 2. The molecule has 2 aromatic carbocycles. The molecule has 0 unspecified atom stereocenters. The highest BCUT2D eigenvalue weighted by Gasteiger charge is 2.18. The molecule has 0 saturated carbocycles. The number of aromatic amines is 1. The first-order valence-electron chi connectivity index (χ1n) is 9.76. The number of benzene rings is 2. The zero-order valence-corrected chi connectivity index (χ0v) is 16.1. The van der Waals surface area contributed by atoms with Crippen LogP contribution in [0.3, 0.4) is 0 Å². The second-order valence-corrected chi connectivity index (χ2v) is 7.65. The van der Waals surface area contributed by atoms with Gasteiger partial charge in [-0.15, -0.1) is 0 Å². The van der Waals surface area contributed by atoms with E-state index in [1.54, 1.807) is 0 Å². The van der Waals surface area contributed by atoms with E-state index >= 15 is 0 Å². The van der Waals surface area contributed by atoms with Crippen LogP contribution in [0.4, 0.5) is 0 Å². The molecular weight excluding hydrogens is 334 g/mol. The lowest BCUT2D eigenvalue weighted by atomic mass is 9.95. The van der Waals surface area contributed by atoms with Gasteiger partial charge in [0.2, 0.25) is 0 Å². The predicted molar refractivity (Wildman–Crippen MR) is 110 cm³/mol. The Balaban J connectivity index is 1.52. The quantitative estimate of drug-likeness (QED) is 0.719. The monoisotopic (exact) mass is 361 g/mol. The summed E-state index contributed by atoms with van der Waals surface area (Å²) in [6.45, 7) is 0.582. The summed E-state index contributed by atoms with van der Waals surface area (Å²) in [4.78, 5) is 18.5. The average Bonchev–Trinajstić information content (AvgIpc) is 3.06. The predicted octanol–water partition coefficient (Wildman–Crippen LogP) is 4.08. The van der Waals surface area contributed by atoms with Crippen LogP contribution in [0.2, 0.25) is 0 Å². The molecule has 4 rings (SSSR count). The van der Waals surface area contributed by atoms with Crippen molar-refractivity contribution in [1.82, 2.24) is 15.2 Å². The van der Waals surface area contributed by atoms with E-state index in [1.807, 2.05) is 44.4 Å². The molecule has 3 aromatic rings. The number of rotatable bonds is 5. The Hall–Kier alpha value is -2.59. The fourth-order valence-corrected chi connectivity index (χ4v) is 4.11. The van der Waals surface area contributed by atoms with Gasteiger partial charge in [0, 0.05) is 28.7 Å². The zero-order chi connectivity index (χ0) is 18.8. The molecule has 1 heterocycles. The maximum Gasteiger partial charge on any atom is 0.251 e. The number of carbonyl (C=O) groups is 1. The summed E-state index contributed by atoms with van der Waals surface area (Å²) in [6, 6.07) is 16.5. The summed E-state index contributed by atoms with van der Waals surface area (Å²) < 4.78 is 0. The van der Waals surface area contributed by atoms with Crippen LogP contribution < -0.4 is 5.32 Å². The number of carbonyl (C=O) groups excluding carboxylic acids is 1. The van der Waals surface area contributed by atoms with Gasteiger partial charge in [0.1, 0.15) is 0 Å². The van der Waals surface area contributed by atoms with E-state index in [0.717, 1.165) is 23.9 Å². The zero-order valence-electron chi connectivity index (χ0n) is 16.1. The number of H-pyrrole nitrogens is 1. The molecule has 27 heavy (non-hydrogen) atoms. The minimum Gasteiger partial charge on any atom is -0.358 e. The summed E-state index contributed by atoms with van der Waals surface area (Å²) in [5.41, 5.74) is 5.85. The van der Waals surface area contributed by atoms with E-state index in [2.05, 4.69) is 33.4 Å². The summed E-state index contributed by atoms with van der Waals surface area (Å²) >= 11 is 0. The van der Waals surface area contributed by atoms with Gasteiger partial charge in [-0.1, -0.05) is 30.3 Å². The first-order valence-corrected chi connectivity index (χ1v) is 9.76. The molecular formula is C23H27N3O. The van der Waals surface area contributed by atoms with Crippen molar-refractivity contribution >= 4 is 16.8 Å². The molecule has 1 aliphatic carbocycles. The normalized spacial score (nSPS) is 14.9. The molecule has 4 nitrogen and oxygen atoms in total. The van der Waals surface area contributed by atoms with Crippen molar-refractivity contribution in [3.63, 3.8) is 0 Å². The number of hydrogen-bond donors (Lipinski definition) is 2. The van der Waals surface area contributed by atoms with Crippen molar-refractivity contribution in [2.45, 2.75) is 31.7 Å². The molecule has 140 valence electrons. The van der Waals surface area contributed by atoms with Crippen molar-refractivity contribution in [1.29, 1.82) is 0 Å². The third-order valence-corrected chi connectivity index (χ3v) is 5.62. The summed E-state index contributed by atoms with van der Waals surface area (Å²) in [5, 5.41) is 4.34. The maximum absolute atomic E-state index is 12.8. The van der Waals surface area contributed by atoms with Crippen LogP contribution >= 0.6 is 0 Å². The van der Waals surface area contributed by atoms with Gasteiger partial charge < -0.3 is 15.2 Å². The van der Waals surface area contributed by atoms with Gasteiger partial charge in [-0.05, 0) is 69.1 Å². The summed E-state index contributed by atoms with van der Waals surface area (Å²) in [7, 11) is 4.09. The molecule has 1 aromatic heterocycles. The van der Waals surface area contributed by atoms with Crippen molar-refractivity contribution in [3.8, 4) is 0 Å². The van der Waals surface area contributed by atoms with Crippen LogP contribution in [0.5, 0.6) is 0 Å². The Morgan fingerprint density at radius 1 is 1.11 bits per heavy atom. The minimum absolute atomic E-state index is 0.00885. The van der Waals surface area contributed by atoms with Gasteiger partial charge in [0.25, 0.3) is 5.91 Å². The minimum atomic E-state index is -0.00885. The van der Waals surface area contributed by atoms with Gasteiger partial charge in [-0.3, -0.25) is 4.79 Å². The number of nitrogens with zero attached hydrogens (tertiary/aromatic N) is 1. The Morgan fingerprint density at radius 2 is 1.89 bits per heavy atom. The van der Waals surface area contributed by atoms with E-state index in [0.29, 0.717) is 6.54 Å². The maximum atomic E-state index is 12.8. The molecule has 2 N–H and O–H groups in total. The van der Waals surface area contributed by atoms with E-state index in [1.165, 1.54) is 35.0 Å². The van der Waals surface area contributed by atoms with Crippen molar-refractivity contribution in [2.75, 3.05) is 20.6 Å². The number of aryl methyl sites for hydroxylation is 2. The van der Waals surface area contributed by atoms with Crippen LogP contribution in [0, 0.1) is 0 Å². The standard InChI is InChI=1S/C23H27N3O/c1-26(2)22(16-8-4-3-5-9-16)15-24-23(27)17-12-13-21-19(14-17)18-10-6-7-11-20(18)25-21/h3-5,8-9,12-14,22,25H,6-7,10-11,15H2,1-2H3,(H,24,27)/t22-/m1/s1. The van der Waals surface area contributed by atoms with Gasteiger partial charge in [0.05, 0.1) is 6.04 Å². The number of amides is 1.